The first kappa shape index (κ1) is 13.9. The number of rotatable bonds is 8. The van der Waals surface area contributed by atoms with Gasteiger partial charge < -0.3 is 10.1 Å². The summed E-state index contributed by atoms with van der Waals surface area (Å²) in [5.41, 5.74) is 0. The Bertz CT molecular complexity index is 167. The molecule has 96 valence electrons. The summed E-state index contributed by atoms with van der Waals surface area (Å²) in [6.45, 7) is 12.2. The summed E-state index contributed by atoms with van der Waals surface area (Å²) in [5.74, 6) is 0. The van der Waals surface area contributed by atoms with Gasteiger partial charge in [0.15, 0.2) is 0 Å². The molecule has 3 nitrogen and oxygen atoms in total. The first-order valence-electron chi connectivity index (χ1n) is 6.80. The van der Waals surface area contributed by atoms with E-state index in [0.29, 0.717) is 12.1 Å². The molecule has 0 bridgehead atoms. The van der Waals surface area contributed by atoms with Crippen LogP contribution in [0.2, 0.25) is 0 Å². The molecule has 1 N–H and O–H groups in total. The molecule has 1 rings (SSSR count). The lowest BCUT2D eigenvalue weighted by atomic mass is 10.2. The zero-order valence-electron chi connectivity index (χ0n) is 11.2. The van der Waals surface area contributed by atoms with Gasteiger partial charge in [-0.15, -0.1) is 0 Å². The average molecular weight is 228 g/mol. The van der Waals surface area contributed by atoms with Crippen LogP contribution < -0.4 is 5.32 Å². The zero-order chi connectivity index (χ0) is 11.8. The standard InChI is InChI=1S/C13H28N2O/c1-4-8-15(12(2)3)9-7-14-11-13-6-5-10-16-13/h12-14H,4-11H2,1-3H3. The number of ether oxygens (including phenoxy) is 1. The Kier molecular flexibility index (Phi) is 7.01. The van der Waals surface area contributed by atoms with E-state index >= 15 is 0 Å². The third-order valence-corrected chi connectivity index (χ3v) is 3.21. The van der Waals surface area contributed by atoms with E-state index in [1.807, 2.05) is 0 Å². The van der Waals surface area contributed by atoms with E-state index in [1.165, 1.54) is 25.8 Å². The third kappa shape index (κ3) is 5.28. The third-order valence-electron chi connectivity index (χ3n) is 3.21. The Morgan fingerprint density at radius 1 is 1.38 bits per heavy atom. The molecule has 1 aliphatic heterocycles. The maximum absolute atomic E-state index is 5.58. The van der Waals surface area contributed by atoms with Crippen molar-refractivity contribution in [3.8, 4) is 0 Å². The number of hydrogen-bond donors (Lipinski definition) is 1. The van der Waals surface area contributed by atoms with E-state index in [1.54, 1.807) is 0 Å². The van der Waals surface area contributed by atoms with Gasteiger partial charge in [0.2, 0.25) is 0 Å². The Morgan fingerprint density at radius 2 is 2.19 bits per heavy atom. The molecule has 0 aliphatic carbocycles. The maximum Gasteiger partial charge on any atom is 0.0700 e. The van der Waals surface area contributed by atoms with Crippen molar-refractivity contribution in [1.82, 2.24) is 10.2 Å². The van der Waals surface area contributed by atoms with Gasteiger partial charge in [0.05, 0.1) is 6.10 Å². The molecule has 1 atom stereocenters. The fourth-order valence-corrected chi connectivity index (χ4v) is 2.21. The predicted molar refractivity (Wildman–Crippen MR) is 68.8 cm³/mol. The first-order valence-corrected chi connectivity index (χ1v) is 6.80. The number of hydrogen-bond acceptors (Lipinski definition) is 3. The summed E-state index contributed by atoms with van der Waals surface area (Å²) < 4.78 is 5.58. The minimum atomic E-state index is 0.471. The SMILES string of the molecule is CCCN(CCNCC1CCCO1)C(C)C. The quantitative estimate of drug-likeness (QED) is 0.642. The topological polar surface area (TPSA) is 24.5 Å². The molecule has 0 radical (unpaired) electrons. The Hall–Kier alpha value is -0.120. The summed E-state index contributed by atoms with van der Waals surface area (Å²) in [6.07, 6.45) is 4.18. The van der Waals surface area contributed by atoms with Crippen molar-refractivity contribution in [3.05, 3.63) is 0 Å². The molecule has 16 heavy (non-hydrogen) atoms. The molecule has 3 heteroatoms. The van der Waals surface area contributed by atoms with Gasteiger partial charge in [0.1, 0.15) is 0 Å². The van der Waals surface area contributed by atoms with Crippen LogP contribution in [0.25, 0.3) is 0 Å². The molecule has 1 heterocycles. The Morgan fingerprint density at radius 3 is 2.75 bits per heavy atom. The van der Waals surface area contributed by atoms with Gasteiger partial charge >= 0.3 is 0 Å². The van der Waals surface area contributed by atoms with Gasteiger partial charge in [0.25, 0.3) is 0 Å². The lowest BCUT2D eigenvalue weighted by Gasteiger charge is -2.26. The van der Waals surface area contributed by atoms with Crippen LogP contribution >= 0.6 is 0 Å². The molecule has 0 aromatic heterocycles. The molecule has 0 amide bonds. The van der Waals surface area contributed by atoms with Crippen LogP contribution in [0.1, 0.15) is 40.0 Å². The molecule has 0 aromatic rings. The van der Waals surface area contributed by atoms with Crippen molar-refractivity contribution >= 4 is 0 Å². The molecule has 0 aromatic carbocycles. The first-order chi connectivity index (χ1) is 7.74. The summed E-state index contributed by atoms with van der Waals surface area (Å²) in [5, 5.41) is 3.50. The lowest BCUT2D eigenvalue weighted by Crippen LogP contribution is -2.39. The fraction of sp³-hybridized carbons (Fsp3) is 1.00. The van der Waals surface area contributed by atoms with Gasteiger partial charge in [0, 0.05) is 32.3 Å². The largest absolute Gasteiger partial charge is 0.377 e. The second-order valence-corrected chi connectivity index (χ2v) is 4.97. The minimum absolute atomic E-state index is 0.471. The zero-order valence-corrected chi connectivity index (χ0v) is 11.2. The van der Waals surface area contributed by atoms with E-state index < -0.39 is 0 Å². The monoisotopic (exact) mass is 228 g/mol. The fourth-order valence-electron chi connectivity index (χ4n) is 2.21. The van der Waals surface area contributed by atoms with Crippen LogP contribution in [-0.4, -0.2) is 49.8 Å². The average Bonchev–Trinajstić information content (AvgIpc) is 2.75. The van der Waals surface area contributed by atoms with Gasteiger partial charge in [-0.2, -0.15) is 0 Å². The molecule has 1 unspecified atom stereocenters. The van der Waals surface area contributed by atoms with E-state index in [2.05, 4.69) is 31.0 Å². The van der Waals surface area contributed by atoms with Crippen molar-refractivity contribution < 1.29 is 4.74 Å². The highest BCUT2D eigenvalue weighted by atomic mass is 16.5. The van der Waals surface area contributed by atoms with Gasteiger partial charge in [-0.05, 0) is 39.7 Å². The van der Waals surface area contributed by atoms with E-state index in [9.17, 15) is 0 Å². The predicted octanol–water partition coefficient (Wildman–Crippen LogP) is 1.88. The second-order valence-electron chi connectivity index (χ2n) is 4.97. The highest BCUT2D eigenvalue weighted by Gasteiger charge is 2.14. The minimum Gasteiger partial charge on any atom is -0.377 e. The van der Waals surface area contributed by atoms with E-state index in [4.69, 9.17) is 4.74 Å². The highest BCUT2D eigenvalue weighted by Crippen LogP contribution is 2.10. The van der Waals surface area contributed by atoms with Crippen LogP contribution in [0, 0.1) is 0 Å². The summed E-state index contributed by atoms with van der Waals surface area (Å²) in [7, 11) is 0. The van der Waals surface area contributed by atoms with Gasteiger partial charge in [-0.25, -0.2) is 0 Å². The van der Waals surface area contributed by atoms with Crippen LogP contribution in [0.4, 0.5) is 0 Å². The summed E-state index contributed by atoms with van der Waals surface area (Å²) >= 11 is 0. The van der Waals surface area contributed by atoms with Gasteiger partial charge in [-0.1, -0.05) is 6.92 Å². The van der Waals surface area contributed by atoms with Gasteiger partial charge in [-0.3, -0.25) is 4.90 Å². The van der Waals surface area contributed by atoms with Crippen molar-refractivity contribution in [2.24, 2.45) is 0 Å². The molecule has 0 saturated carbocycles. The molecular formula is C13H28N2O. The second kappa shape index (κ2) is 8.04. The van der Waals surface area contributed by atoms with E-state index in [-0.39, 0.29) is 0 Å². The summed E-state index contributed by atoms with van der Waals surface area (Å²) in [4.78, 5) is 2.53. The number of nitrogens with zero attached hydrogens (tertiary/aromatic N) is 1. The van der Waals surface area contributed by atoms with E-state index in [0.717, 1.165) is 26.2 Å². The van der Waals surface area contributed by atoms with Crippen molar-refractivity contribution in [2.45, 2.75) is 52.2 Å². The molecular weight excluding hydrogens is 200 g/mol. The maximum atomic E-state index is 5.58. The Labute approximate surface area is 101 Å². The van der Waals surface area contributed by atoms with Crippen molar-refractivity contribution in [3.63, 3.8) is 0 Å². The smallest absolute Gasteiger partial charge is 0.0700 e. The number of nitrogens with one attached hydrogen (secondary N) is 1. The normalized spacial score (nSPS) is 21.2. The molecule has 0 spiro atoms. The highest BCUT2D eigenvalue weighted by molar-refractivity contribution is 4.69. The van der Waals surface area contributed by atoms with Crippen LogP contribution in [-0.2, 0) is 4.74 Å². The molecule has 1 fully saturated rings. The Balaban J connectivity index is 2.03. The van der Waals surface area contributed by atoms with Crippen molar-refractivity contribution in [1.29, 1.82) is 0 Å². The summed E-state index contributed by atoms with van der Waals surface area (Å²) in [6, 6.07) is 0.657. The van der Waals surface area contributed by atoms with Crippen molar-refractivity contribution in [2.75, 3.05) is 32.8 Å². The van der Waals surface area contributed by atoms with Crippen LogP contribution in [0.5, 0.6) is 0 Å². The molecule has 1 saturated heterocycles. The molecule has 1 aliphatic rings. The van der Waals surface area contributed by atoms with Crippen LogP contribution in [0.3, 0.4) is 0 Å². The van der Waals surface area contributed by atoms with Crippen LogP contribution in [0.15, 0.2) is 0 Å². The lowest BCUT2D eigenvalue weighted by molar-refractivity contribution is 0.109.